The lowest BCUT2D eigenvalue weighted by molar-refractivity contribution is 0.262. The van der Waals surface area contributed by atoms with Gasteiger partial charge in [-0.2, -0.15) is 4.98 Å². The Morgan fingerprint density at radius 2 is 1.87 bits per heavy atom. The van der Waals surface area contributed by atoms with Gasteiger partial charge in [0.05, 0.1) is 6.20 Å². The maximum atomic E-state index is 13.1. The Morgan fingerprint density at radius 3 is 2.48 bits per heavy atom. The molecule has 0 bridgehead atoms. The smallest absolute Gasteiger partial charge is 0.323 e. The van der Waals surface area contributed by atoms with Crippen LogP contribution in [0.2, 0.25) is 0 Å². The van der Waals surface area contributed by atoms with Gasteiger partial charge >= 0.3 is 6.03 Å². The van der Waals surface area contributed by atoms with Crippen LogP contribution in [0.4, 0.5) is 32.3 Å². The van der Waals surface area contributed by atoms with Gasteiger partial charge in [0.2, 0.25) is 5.95 Å². The summed E-state index contributed by atoms with van der Waals surface area (Å²) < 4.78 is 13.1. The minimum Gasteiger partial charge on any atom is -0.361 e. The first kappa shape index (κ1) is 16.5. The van der Waals surface area contributed by atoms with Gasteiger partial charge in [0.15, 0.2) is 5.82 Å². The third kappa shape index (κ3) is 4.29. The summed E-state index contributed by atoms with van der Waals surface area (Å²) in [6, 6.07) is 5.16. The maximum Gasteiger partial charge on any atom is 0.323 e. The summed E-state index contributed by atoms with van der Waals surface area (Å²) in [5.74, 6) is 0.679. The molecule has 7 nitrogen and oxygen atoms in total. The van der Waals surface area contributed by atoms with Crippen molar-refractivity contribution in [3.8, 4) is 0 Å². The molecule has 0 aliphatic heterocycles. The molecule has 2 N–H and O–H groups in total. The Labute approximate surface area is 134 Å². The minimum absolute atomic E-state index is 0.361. The number of nitrogens with zero attached hydrogens (tertiary/aromatic N) is 4. The quantitative estimate of drug-likeness (QED) is 0.905. The summed E-state index contributed by atoms with van der Waals surface area (Å²) in [7, 11) is 7.30. The third-order valence-electron chi connectivity index (χ3n) is 2.91. The third-order valence-corrected chi connectivity index (χ3v) is 2.91. The van der Waals surface area contributed by atoms with Gasteiger partial charge in [0.1, 0.15) is 11.5 Å². The summed E-state index contributed by atoms with van der Waals surface area (Å²) in [4.78, 5) is 24.2. The highest BCUT2D eigenvalue weighted by atomic mass is 19.1. The normalized spacial score (nSPS) is 10.1. The minimum atomic E-state index is -0.500. The lowest BCUT2D eigenvalue weighted by atomic mass is 10.3. The Bertz CT molecular complexity index is 704. The maximum absolute atomic E-state index is 13.1. The van der Waals surface area contributed by atoms with E-state index in [0.29, 0.717) is 23.1 Å². The fourth-order valence-corrected chi connectivity index (χ4v) is 1.86. The van der Waals surface area contributed by atoms with E-state index in [1.165, 1.54) is 24.4 Å². The van der Waals surface area contributed by atoms with E-state index < -0.39 is 11.8 Å². The second-order valence-electron chi connectivity index (χ2n) is 5.29. The molecule has 0 unspecified atom stereocenters. The number of halogens is 1. The SMILES string of the molecule is CN(C)c1ncc(NC(=O)Nc2cccc(F)c2)c(N(C)C)n1. The number of carbonyl (C=O) groups excluding carboxylic acids is 1. The van der Waals surface area contributed by atoms with Gasteiger partial charge in [-0.1, -0.05) is 6.07 Å². The Balaban J connectivity index is 2.17. The van der Waals surface area contributed by atoms with Crippen LogP contribution in [0.5, 0.6) is 0 Å². The molecule has 0 fully saturated rings. The molecule has 1 heterocycles. The van der Waals surface area contributed by atoms with Crippen molar-refractivity contribution in [1.29, 1.82) is 0 Å². The molecule has 0 aliphatic carbocycles. The van der Waals surface area contributed by atoms with Crippen LogP contribution in [0.1, 0.15) is 0 Å². The fraction of sp³-hybridized carbons (Fsp3) is 0.267. The molecule has 2 amide bonds. The Morgan fingerprint density at radius 1 is 1.13 bits per heavy atom. The Hall–Kier alpha value is -2.90. The fourth-order valence-electron chi connectivity index (χ4n) is 1.86. The van der Waals surface area contributed by atoms with Crippen molar-refractivity contribution in [3.63, 3.8) is 0 Å². The van der Waals surface area contributed by atoms with Crippen molar-refractivity contribution in [2.75, 3.05) is 48.6 Å². The van der Waals surface area contributed by atoms with Crippen LogP contribution < -0.4 is 20.4 Å². The molecular formula is C15H19FN6O. The lowest BCUT2D eigenvalue weighted by Crippen LogP contribution is -2.23. The van der Waals surface area contributed by atoms with Crippen LogP contribution in [-0.2, 0) is 0 Å². The molecule has 2 aromatic rings. The number of rotatable bonds is 4. The van der Waals surface area contributed by atoms with Gasteiger partial charge < -0.3 is 20.4 Å². The van der Waals surface area contributed by atoms with Crippen molar-refractivity contribution < 1.29 is 9.18 Å². The number of hydrogen-bond donors (Lipinski definition) is 2. The van der Waals surface area contributed by atoms with E-state index >= 15 is 0 Å². The molecule has 0 saturated heterocycles. The van der Waals surface area contributed by atoms with Gasteiger partial charge in [-0.15, -0.1) is 0 Å². The second-order valence-corrected chi connectivity index (χ2v) is 5.29. The molecule has 122 valence electrons. The zero-order valence-corrected chi connectivity index (χ0v) is 13.5. The van der Waals surface area contributed by atoms with Crippen molar-refractivity contribution in [2.24, 2.45) is 0 Å². The van der Waals surface area contributed by atoms with E-state index in [1.807, 2.05) is 28.2 Å². The van der Waals surface area contributed by atoms with Gasteiger partial charge in [-0.25, -0.2) is 14.2 Å². The summed E-state index contributed by atoms with van der Waals surface area (Å²) in [6.07, 6.45) is 1.53. The number of anilines is 4. The van der Waals surface area contributed by atoms with Gasteiger partial charge in [-0.3, -0.25) is 0 Å². The molecule has 1 aromatic heterocycles. The van der Waals surface area contributed by atoms with Gasteiger partial charge in [0, 0.05) is 33.9 Å². The van der Waals surface area contributed by atoms with Crippen LogP contribution in [0, 0.1) is 5.82 Å². The molecule has 23 heavy (non-hydrogen) atoms. The van der Waals surface area contributed by atoms with Crippen molar-refractivity contribution in [1.82, 2.24) is 9.97 Å². The largest absolute Gasteiger partial charge is 0.361 e. The summed E-state index contributed by atoms with van der Waals surface area (Å²) >= 11 is 0. The van der Waals surface area contributed by atoms with Crippen LogP contribution in [0.15, 0.2) is 30.5 Å². The standard InChI is InChI=1S/C15H19FN6O/c1-21(2)13-12(9-17-14(20-13)22(3)4)19-15(23)18-11-7-5-6-10(16)8-11/h5-9H,1-4H3,(H2,18,19,23). The van der Waals surface area contributed by atoms with Crippen LogP contribution in [-0.4, -0.2) is 44.2 Å². The highest BCUT2D eigenvalue weighted by Crippen LogP contribution is 2.23. The number of nitrogens with one attached hydrogen (secondary N) is 2. The van der Waals surface area contributed by atoms with Crippen molar-refractivity contribution in [3.05, 3.63) is 36.3 Å². The average molecular weight is 318 g/mol. The van der Waals surface area contributed by atoms with Gasteiger partial charge in [-0.05, 0) is 18.2 Å². The first-order chi connectivity index (χ1) is 10.9. The van der Waals surface area contributed by atoms with Crippen LogP contribution in [0.3, 0.4) is 0 Å². The molecule has 8 heteroatoms. The molecule has 2 rings (SSSR count). The number of urea groups is 1. The number of carbonyl (C=O) groups is 1. The van der Waals surface area contributed by atoms with Crippen LogP contribution in [0.25, 0.3) is 0 Å². The summed E-state index contributed by atoms with van der Waals surface area (Å²) in [5, 5.41) is 5.23. The molecule has 1 aromatic carbocycles. The predicted molar refractivity (Wildman–Crippen MR) is 89.7 cm³/mol. The summed E-state index contributed by atoms with van der Waals surface area (Å²) in [5.41, 5.74) is 0.814. The van der Waals surface area contributed by atoms with Crippen molar-refractivity contribution in [2.45, 2.75) is 0 Å². The Kier molecular flexibility index (Phi) is 4.95. The summed E-state index contributed by atoms with van der Waals surface area (Å²) in [6.45, 7) is 0. The molecule has 0 aliphatic rings. The van der Waals surface area contributed by atoms with E-state index in [1.54, 1.807) is 15.9 Å². The molecule has 0 spiro atoms. The van der Waals surface area contributed by atoms with E-state index in [-0.39, 0.29) is 0 Å². The van der Waals surface area contributed by atoms with Gasteiger partial charge in [0.25, 0.3) is 0 Å². The van der Waals surface area contributed by atoms with Crippen molar-refractivity contribution >= 4 is 29.2 Å². The second kappa shape index (κ2) is 6.91. The lowest BCUT2D eigenvalue weighted by Gasteiger charge is -2.19. The zero-order valence-electron chi connectivity index (χ0n) is 13.5. The topological polar surface area (TPSA) is 73.4 Å². The first-order valence-electron chi connectivity index (χ1n) is 6.92. The zero-order chi connectivity index (χ0) is 17.0. The van der Waals surface area contributed by atoms with Crippen LogP contribution >= 0.6 is 0 Å². The first-order valence-corrected chi connectivity index (χ1v) is 6.92. The highest BCUT2D eigenvalue weighted by Gasteiger charge is 2.13. The number of hydrogen-bond acceptors (Lipinski definition) is 5. The monoisotopic (exact) mass is 318 g/mol. The highest BCUT2D eigenvalue weighted by molar-refractivity contribution is 6.01. The molecule has 0 saturated carbocycles. The molecular weight excluding hydrogens is 299 g/mol. The predicted octanol–water partition coefficient (Wildman–Crippen LogP) is 2.39. The number of aromatic nitrogens is 2. The molecule has 0 radical (unpaired) electrons. The average Bonchev–Trinajstić information content (AvgIpc) is 2.47. The number of benzene rings is 1. The van der Waals surface area contributed by atoms with E-state index in [0.717, 1.165) is 0 Å². The van der Waals surface area contributed by atoms with E-state index in [2.05, 4.69) is 20.6 Å². The van der Waals surface area contributed by atoms with E-state index in [4.69, 9.17) is 0 Å². The number of amides is 2. The molecule has 0 atom stereocenters. The van der Waals surface area contributed by atoms with E-state index in [9.17, 15) is 9.18 Å².